The van der Waals surface area contributed by atoms with Gasteiger partial charge >= 0.3 is 5.97 Å². The summed E-state index contributed by atoms with van der Waals surface area (Å²) in [6.45, 7) is 4.62. The van der Waals surface area contributed by atoms with E-state index in [-0.39, 0.29) is 23.8 Å². The topological polar surface area (TPSA) is 67.4 Å². The molecule has 0 aromatic heterocycles. The highest BCUT2D eigenvalue weighted by Crippen LogP contribution is 2.08. The Labute approximate surface area is 95.9 Å². The molecular formula is C11H20N2O3. The minimum Gasteiger partial charge on any atom is -0.467 e. The molecule has 16 heavy (non-hydrogen) atoms. The van der Waals surface area contributed by atoms with Crippen molar-refractivity contribution in [1.29, 1.82) is 0 Å². The van der Waals surface area contributed by atoms with Crippen LogP contribution in [0.25, 0.3) is 0 Å². The molecule has 0 radical (unpaired) electrons. The van der Waals surface area contributed by atoms with Crippen molar-refractivity contribution in [3.05, 3.63) is 0 Å². The molecule has 0 saturated carbocycles. The second-order valence-electron chi connectivity index (χ2n) is 4.40. The van der Waals surface area contributed by atoms with Crippen molar-refractivity contribution in [2.24, 2.45) is 5.92 Å². The molecule has 1 saturated heterocycles. The zero-order valence-corrected chi connectivity index (χ0v) is 10.1. The van der Waals surface area contributed by atoms with Crippen molar-refractivity contribution in [3.63, 3.8) is 0 Å². The number of carbonyl (C=O) groups excluding carboxylic acids is 2. The third kappa shape index (κ3) is 3.20. The van der Waals surface area contributed by atoms with Gasteiger partial charge in [-0.25, -0.2) is 4.79 Å². The van der Waals surface area contributed by atoms with Crippen molar-refractivity contribution in [2.45, 2.75) is 38.8 Å². The van der Waals surface area contributed by atoms with Gasteiger partial charge < -0.3 is 15.4 Å². The van der Waals surface area contributed by atoms with Gasteiger partial charge in [0.15, 0.2) is 0 Å². The quantitative estimate of drug-likeness (QED) is 0.667. The minimum absolute atomic E-state index is 0.0257. The maximum Gasteiger partial charge on any atom is 0.328 e. The number of hydrogen-bond donors (Lipinski definition) is 2. The lowest BCUT2D eigenvalue weighted by atomic mass is 10.0. The molecule has 1 rings (SSSR count). The van der Waals surface area contributed by atoms with Crippen LogP contribution in [0.4, 0.5) is 0 Å². The second kappa shape index (κ2) is 5.84. The maximum absolute atomic E-state index is 11.8. The smallest absolute Gasteiger partial charge is 0.328 e. The van der Waals surface area contributed by atoms with Crippen LogP contribution in [0.1, 0.15) is 26.7 Å². The van der Waals surface area contributed by atoms with Crippen molar-refractivity contribution in [1.82, 2.24) is 10.6 Å². The first kappa shape index (κ1) is 13.0. The zero-order chi connectivity index (χ0) is 12.1. The highest BCUT2D eigenvalue weighted by Gasteiger charge is 2.29. The van der Waals surface area contributed by atoms with Crippen LogP contribution >= 0.6 is 0 Å². The van der Waals surface area contributed by atoms with Gasteiger partial charge in [0.1, 0.15) is 6.04 Å². The largest absolute Gasteiger partial charge is 0.467 e. The molecule has 5 heteroatoms. The number of nitrogens with one attached hydrogen (secondary N) is 2. The fraction of sp³-hybridized carbons (Fsp3) is 0.818. The van der Waals surface area contributed by atoms with Gasteiger partial charge in [0.05, 0.1) is 13.2 Å². The average molecular weight is 228 g/mol. The Kier molecular flexibility index (Phi) is 4.73. The summed E-state index contributed by atoms with van der Waals surface area (Å²) in [6.07, 6.45) is 1.83. The molecular weight excluding hydrogens is 208 g/mol. The van der Waals surface area contributed by atoms with E-state index in [2.05, 4.69) is 15.4 Å². The van der Waals surface area contributed by atoms with Gasteiger partial charge in [-0.1, -0.05) is 13.8 Å². The zero-order valence-electron chi connectivity index (χ0n) is 10.1. The number of amides is 1. The predicted molar refractivity (Wildman–Crippen MR) is 59.8 cm³/mol. The molecule has 1 heterocycles. The summed E-state index contributed by atoms with van der Waals surface area (Å²) in [7, 11) is 1.33. The highest BCUT2D eigenvalue weighted by atomic mass is 16.5. The van der Waals surface area contributed by atoms with Crippen molar-refractivity contribution >= 4 is 11.9 Å². The Morgan fingerprint density at radius 2 is 2.12 bits per heavy atom. The summed E-state index contributed by atoms with van der Waals surface area (Å²) in [5.74, 6) is -0.472. The van der Waals surface area contributed by atoms with Crippen molar-refractivity contribution in [2.75, 3.05) is 13.7 Å². The summed E-state index contributed by atoms with van der Waals surface area (Å²) < 4.78 is 4.66. The van der Waals surface area contributed by atoms with Crippen LogP contribution in [-0.2, 0) is 14.3 Å². The molecule has 1 aliphatic heterocycles. The van der Waals surface area contributed by atoms with Crippen LogP contribution in [-0.4, -0.2) is 37.6 Å². The highest BCUT2D eigenvalue weighted by molar-refractivity contribution is 5.87. The first-order chi connectivity index (χ1) is 7.56. The summed E-state index contributed by atoms with van der Waals surface area (Å²) >= 11 is 0. The number of ether oxygens (including phenoxy) is 1. The van der Waals surface area contributed by atoms with E-state index in [1.165, 1.54) is 7.11 Å². The first-order valence-electron chi connectivity index (χ1n) is 5.68. The van der Waals surface area contributed by atoms with Crippen molar-refractivity contribution in [3.8, 4) is 0 Å². The Hall–Kier alpha value is -1.10. The average Bonchev–Trinajstić information content (AvgIpc) is 2.77. The molecule has 0 aliphatic carbocycles. The molecule has 1 amide bonds. The summed E-state index contributed by atoms with van der Waals surface area (Å²) in [5, 5.41) is 5.83. The van der Waals surface area contributed by atoms with Gasteiger partial charge in [-0.2, -0.15) is 0 Å². The van der Waals surface area contributed by atoms with Crippen molar-refractivity contribution < 1.29 is 14.3 Å². The number of esters is 1. The molecule has 0 aromatic carbocycles. The molecule has 0 unspecified atom stereocenters. The van der Waals surface area contributed by atoms with Gasteiger partial charge in [-0.3, -0.25) is 4.79 Å². The van der Waals surface area contributed by atoms with Gasteiger partial charge in [0.2, 0.25) is 5.91 Å². The minimum atomic E-state index is -0.556. The van der Waals surface area contributed by atoms with E-state index in [1.54, 1.807) is 0 Å². The number of hydrogen-bond acceptors (Lipinski definition) is 4. The molecule has 1 aliphatic rings. The molecule has 2 atom stereocenters. The van der Waals surface area contributed by atoms with Gasteiger partial charge in [0.25, 0.3) is 0 Å². The summed E-state index contributed by atoms with van der Waals surface area (Å²) in [6, 6.07) is -0.717. The van der Waals surface area contributed by atoms with Gasteiger partial charge in [-0.05, 0) is 25.3 Å². The van der Waals surface area contributed by atoms with Crippen LogP contribution in [0, 0.1) is 5.92 Å². The normalized spacial score (nSPS) is 21.9. The summed E-state index contributed by atoms with van der Waals surface area (Å²) in [4.78, 5) is 23.2. The second-order valence-corrected chi connectivity index (χ2v) is 4.40. The fourth-order valence-corrected chi connectivity index (χ4v) is 1.79. The fourth-order valence-electron chi connectivity index (χ4n) is 1.79. The van der Waals surface area contributed by atoms with E-state index in [4.69, 9.17) is 0 Å². The Morgan fingerprint density at radius 1 is 1.44 bits per heavy atom. The Morgan fingerprint density at radius 3 is 2.56 bits per heavy atom. The van der Waals surface area contributed by atoms with E-state index in [1.807, 2.05) is 13.8 Å². The number of methoxy groups -OCH3 is 1. The molecule has 1 fully saturated rings. The van der Waals surface area contributed by atoms with E-state index in [9.17, 15) is 9.59 Å². The van der Waals surface area contributed by atoms with Crippen LogP contribution in [0.2, 0.25) is 0 Å². The Bertz CT molecular complexity index is 260. The molecule has 92 valence electrons. The van der Waals surface area contributed by atoms with Gasteiger partial charge in [-0.15, -0.1) is 0 Å². The van der Waals surface area contributed by atoms with E-state index in [0.717, 1.165) is 19.4 Å². The van der Waals surface area contributed by atoms with E-state index in [0.29, 0.717) is 0 Å². The molecule has 0 spiro atoms. The SMILES string of the molecule is COC(=O)[C@H](NC(=O)[C@@H]1CCCN1)C(C)C. The summed E-state index contributed by atoms with van der Waals surface area (Å²) in [5.41, 5.74) is 0. The van der Waals surface area contributed by atoms with E-state index >= 15 is 0 Å². The van der Waals surface area contributed by atoms with E-state index < -0.39 is 6.04 Å². The molecule has 0 bridgehead atoms. The molecule has 0 aromatic rings. The van der Waals surface area contributed by atoms with Gasteiger partial charge in [0, 0.05) is 0 Å². The standard InChI is InChI=1S/C11H20N2O3/c1-7(2)9(11(15)16-3)13-10(14)8-5-4-6-12-8/h7-9,12H,4-6H2,1-3H3,(H,13,14)/t8-,9+/m0/s1. The molecule has 5 nitrogen and oxygen atoms in total. The number of rotatable bonds is 4. The van der Waals surface area contributed by atoms with Crippen LogP contribution in [0.3, 0.4) is 0 Å². The maximum atomic E-state index is 11.8. The lowest BCUT2D eigenvalue weighted by molar-refractivity contribution is -0.146. The monoisotopic (exact) mass is 228 g/mol. The lowest BCUT2D eigenvalue weighted by Gasteiger charge is -2.21. The third-order valence-electron chi connectivity index (χ3n) is 2.80. The van der Waals surface area contributed by atoms with Crippen LogP contribution in [0.5, 0.6) is 0 Å². The first-order valence-corrected chi connectivity index (χ1v) is 5.68. The third-order valence-corrected chi connectivity index (χ3v) is 2.80. The molecule has 2 N–H and O–H groups in total. The van der Waals surface area contributed by atoms with Crippen LogP contribution < -0.4 is 10.6 Å². The van der Waals surface area contributed by atoms with Crippen LogP contribution in [0.15, 0.2) is 0 Å². The lowest BCUT2D eigenvalue weighted by Crippen LogP contribution is -2.50. The predicted octanol–water partition coefficient (Wildman–Crippen LogP) is 0.0522. The number of carbonyl (C=O) groups is 2. The Balaban J connectivity index is 2.53.